The van der Waals surface area contributed by atoms with Gasteiger partial charge in [-0.3, -0.25) is 0 Å². The van der Waals surface area contributed by atoms with Crippen molar-refractivity contribution >= 4 is 27.4 Å². The van der Waals surface area contributed by atoms with Crippen molar-refractivity contribution in [3.8, 4) is 11.1 Å². The maximum Gasteiger partial charge on any atom is 0.158 e. The second-order valence-electron chi connectivity index (χ2n) is 5.98. The van der Waals surface area contributed by atoms with E-state index in [1.54, 1.807) is 18.4 Å². The number of ether oxygens (including phenoxy) is 1. The maximum atomic E-state index is 9.94. The number of benzene rings is 1. The third-order valence-corrected chi connectivity index (χ3v) is 5.15. The Morgan fingerprint density at radius 1 is 1.29 bits per heavy atom. The molecule has 0 radical (unpaired) electrons. The smallest absolute Gasteiger partial charge is 0.158 e. The Kier molecular flexibility index (Phi) is 4.18. The van der Waals surface area contributed by atoms with Crippen LogP contribution in [0.1, 0.15) is 12.2 Å². The van der Waals surface area contributed by atoms with Crippen LogP contribution in [0.2, 0.25) is 0 Å². The van der Waals surface area contributed by atoms with Gasteiger partial charge in [0, 0.05) is 31.1 Å². The van der Waals surface area contributed by atoms with E-state index >= 15 is 0 Å². The van der Waals surface area contributed by atoms with E-state index in [4.69, 9.17) is 9.72 Å². The third kappa shape index (κ3) is 2.77. The number of hydrogen-bond acceptors (Lipinski definition) is 6. The molecule has 0 saturated carbocycles. The Balaban J connectivity index is 1.90. The number of hydrogen-bond donors (Lipinski definition) is 1. The van der Waals surface area contributed by atoms with Crippen molar-refractivity contribution in [1.82, 2.24) is 9.97 Å². The number of fused-ring (bicyclic) bond motifs is 1. The van der Waals surface area contributed by atoms with Gasteiger partial charge in [-0.15, -0.1) is 11.3 Å². The van der Waals surface area contributed by atoms with Gasteiger partial charge in [-0.05, 0) is 12.0 Å². The van der Waals surface area contributed by atoms with Crippen LogP contribution in [-0.4, -0.2) is 41.4 Å². The third-order valence-electron chi connectivity index (χ3n) is 4.28. The summed E-state index contributed by atoms with van der Waals surface area (Å²) >= 11 is 1.63. The van der Waals surface area contributed by atoms with Crippen molar-refractivity contribution in [3.63, 3.8) is 0 Å². The summed E-state index contributed by atoms with van der Waals surface area (Å²) in [6.07, 6.45) is 0.482. The van der Waals surface area contributed by atoms with E-state index in [9.17, 15) is 5.11 Å². The fraction of sp³-hybridized carbons (Fsp3) is 0.333. The highest BCUT2D eigenvalue weighted by Gasteiger charge is 2.26. The van der Waals surface area contributed by atoms with Gasteiger partial charge in [0.25, 0.3) is 0 Å². The van der Waals surface area contributed by atoms with Crippen LogP contribution in [0, 0.1) is 0 Å². The van der Waals surface area contributed by atoms with Crippen molar-refractivity contribution in [2.75, 3.05) is 25.1 Å². The summed E-state index contributed by atoms with van der Waals surface area (Å²) in [6.45, 7) is 1.81. The zero-order valence-corrected chi connectivity index (χ0v) is 14.3. The Labute approximate surface area is 144 Å². The lowest BCUT2D eigenvalue weighted by Crippen LogP contribution is -2.23. The van der Waals surface area contributed by atoms with Crippen molar-refractivity contribution in [3.05, 3.63) is 41.5 Å². The summed E-state index contributed by atoms with van der Waals surface area (Å²) in [5.74, 6) is 1.59. The van der Waals surface area contributed by atoms with E-state index < -0.39 is 0 Å². The minimum Gasteiger partial charge on any atom is -0.391 e. The van der Waals surface area contributed by atoms with Gasteiger partial charge in [-0.1, -0.05) is 30.3 Å². The number of aromatic nitrogens is 2. The molecule has 0 bridgehead atoms. The molecule has 0 amide bonds. The predicted octanol–water partition coefficient (Wildman–Crippen LogP) is 3.08. The molecule has 0 spiro atoms. The predicted molar refractivity (Wildman–Crippen MR) is 96.4 cm³/mol. The molecule has 1 atom stereocenters. The average Bonchev–Trinajstić information content (AvgIpc) is 3.21. The molecule has 1 aliphatic rings. The van der Waals surface area contributed by atoms with Crippen molar-refractivity contribution in [1.29, 1.82) is 0 Å². The molecule has 0 aliphatic carbocycles. The summed E-state index contributed by atoms with van der Waals surface area (Å²) in [5.41, 5.74) is 2.31. The monoisotopic (exact) mass is 341 g/mol. The first kappa shape index (κ1) is 15.5. The molecule has 6 heteroatoms. The zero-order chi connectivity index (χ0) is 16.5. The van der Waals surface area contributed by atoms with Crippen molar-refractivity contribution in [2.45, 2.75) is 19.1 Å². The van der Waals surface area contributed by atoms with Crippen LogP contribution in [0.3, 0.4) is 0 Å². The number of aliphatic hydroxyl groups excluding tert-OH is 1. The molecule has 1 fully saturated rings. The van der Waals surface area contributed by atoms with Gasteiger partial charge in [0.2, 0.25) is 0 Å². The van der Waals surface area contributed by atoms with E-state index in [-0.39, 0.29) is 6.10 Å². The van der Waals surface area contributed by atoms with Gasteiger partial charge >= 0.3 is 0 Å². The minimum atomic E-state index is -0.292. The largest absolute Gasteiger partial charge is 0.391 e. The molecule has 1 aliphatic heterocycles. The molecule has 0 unspecified atom stereocenters. The molecule has 1 N–H and O–H groups in total. The first-order chi connectivity index (χ1) is 11.8. The van der Waals surface area contributed by atoms with Gasteiger partial charge < -0.3 is 14.7 Å². The molecule has 3 heterocycles. The van der Waals surface area contributed by atoms with Crippen LogP contribution >= 0.6 is 11.3 Å². The summed E-state index contributed by atoms with van der Waals surface area (Å²) in [5, 5.41) is 13.1. The molecular formula is C18H19N3O2S. The molecular weight excluding hydrogens is 322 g/mol. The number of methoxy groups -OCH3 is 1. The lowest BCUT2D eigenvalue weighted by Gasteiger charge is -2.19. The Bertz CT molecular complexity index is 850. The number of nitrogens with zero attached hydrogens (tertiary/aromatic N) is 3. The Morgan fingerprint density at radius 2 is 2.12 bits per heavy atom. The SMILES string of the molecule is COCc1nc(N2CC[C@@H](O)C2)c2c(-c3ccccc3)csc2n1. The van der Waals surface area contributed by atoms with E-state index in [2.05, 4.69) is 27.4 Å². The second kappa shape index (κ2) is 6.47. The fourth-order valence-electron chi connectivity index (χ4n) is 3.15. The van der Waals surface area contributed by atoms with E-state index in [1.165, 1.54) is 0 Å². The van der Waals surface area contributed by atoms with Crippen LogP contribution in [0.15, 0.2) is 35.7 Å². The van der Waals surface area contributed by atoms with Gasteiger partial charge in [-0.2, -0.15) is 0 Å². The maximum absolute atomic E-state index is 9.94. The van der Waals surface area contributed by atoms with Gasteiger partial charge in [-0.25, -0.2) is 9.97 Å². The van der Waals surface area contributed by atoms with Crippen LogP contribution in [-0.2, 0) is 11.3 Å². The molecule has 4 rings (SSSR count). The van der Waals surface area contributed by atoms with Crippen molar-refractivity contribution < 1.29 is 9.84 Å². The van der Waals surface area contributed by atoms with Gasteiger partial charge in [0.1, 0.15) is 17.3 Å². The normalized spacial score (nSPS) is 17.8. The number of thiophene rings is 1. The van der Waals surface area contributed by atoms with Crippen LogP contribution < -0.4 is 4.90 Å². The van der Waals surface area contributed by atoms with Crippen LogP contribution in [0.4, 0.5) is 5.82 Å². The highest BCUT2D eigenvalue weighted by atomic mass is 32.1. The molecule has 1 aromatic carbocycles. The van der Waals surface area contributed by atoms with E-state index in [0.717, 1.165) is 40.1 Å². The summed E-state index contributed by atoms with van der Waals surface area (Å²) < 4.78 is 5.22. The highest BCUT2D eigenvalue weighted by Crippen LogP contribution is 2.39. The lowest BCUT2D eigenvalue weighted by atomic mass is 10.1. The van der Waals surface area contributed by atoms with E-state index in [0.29, 0.717) is 19.0 Å². The summed E-state index contributed by atoms with van der Waals surface area (Å²) in [4.78, 5) is 12.5. The molecule has 1 saturated heterocycles. The zero-order valence-electron chi connectivity index (χ0n) is 13.5. The molecule has 24 heavy (non-hydrogen) atoms. The van der Waals surface area contributed by atoms with Crippen LogP contribution in [0.25, 0.3) is 21.3 Å². The first-order valence-electron chi connectivity index (χ1n) is 8.01. The fourth-order valence-corrected chi connectivity index (χ4v) is 4.11. The standard InChI is InChI=1S/C18H19N3O2S/c1-23-10-15-19-17(21-8-7-13(22)9-21)16-14(11-24-18(16)20-15)12-5-3-2-4-6-12/h2-6,11,13,22H,7-10H2,1H3/t13-/m1/s1. The topological polar surface area (TPSA) is 58.5 Å². The van der Waals surface area contributed by atoms with Crippen LogP contribution in [0.5, 0.6) is 0 Å². The quantitative estimate of drug-likeness (QED) is 0.790. The summed E-state index contributed by atoms with van der Waals surface area (Å²) in [7, 11) is 1.65. The number of aliphatic hydroxyl groups is 1. The first-order valence-corrected chi connectivity index (χ1v) is 8.89. The van der Waals surface area contributed by atoms with Gasteiger partial charge in [0.15, 0.2) is 5.82 Å². The second-order valence-corrected chi connectivity index (χ2v) is 6.84. The molecule has 124 valence electrons. The Morgan fingerprint density at radius 3 is 2.83 bits per heavy atom. The minimum absolute atomic E-state index is 0.292. The summed E-state index contributed by atoms with van der Waals surface area (Å²) in [6, 6.07) is 10.3. The van der Waals surface area contributed by atoms with E-state index in [1.807, 2.05) is 18.2 Å². The molecule has 5 nitrogen and oxygen atoms in total. The average molecular weight is 341 g/mol. The number of rotatable bonds is 4. The molecule has 3 aromatic rings. The van der Waals surface area contributed by atoms with Crippen molar-refractivity contribution in [2.24, 2.45) is 0 Å². The Hall–Kier alpha value is -2.02. The number of anilines is 1. The van der Waals surface area contributed by atoms with Gasteiger partial charge in [0.05, 0.1) is 11.5 Å². The molecule has 2 aromatic heterocycles. The lowest BCUT2D eigenvalue weighted by molar-refractivity contribution is 0.178. The highest BCUT2D eigenvalue weighted by molar-refractivity contribution is 7.17. The number of β-amino-alcohol motifs (C(OH)–C–C–N with tert-alkyl or cyclic N) is 1.